The molecule has 0 radical (unpaired) electrons. The van der Waals surface area contributed by atoms with Gasteiger partial charge in [-0.3, -0.25) is 4.79 Å². The maximum atomic E-state index is 13.4. The molecule has 1 aromatic carbocycles. The average Bonchev–Trinajstić information content (AvgIpc) is 2.41. The van der Waals surface area contributed by atoms with Crippen LogP contribution in [-0.4, -0.2) is 41.9 Å². The van der Waals surface area contributed by atoms with E-state index in [0.29, 0.717) is 35.1 Å². The summed E-state index contributed by atoms with van der Waals surface area (Å²) in [6.45, 7) is 1.59. The Balaban J connectivity index is 2.12. The molecule has 18 heavy (non-hydrogen) atoms. The fourth-order valence-electron chi connectivity index (χ4n) is 1.81. The van der Waals surface area contributed by atoms with E-state index in [1.54, 1.807) is 17.0 Å². The first-order valence-corrected chi connectivity index (χ1v) is 7.45. The fraction of sp³-hybridized carbons (Fsp3) is 0.417. The summed E-state index contributed by atoms with van der Waals surface area (Å²) < 4.78 is 19.2. The summed E-state index contributed by atoms with van der Waals surface area (Å²) in [7, 11) is 0. The molecular formula is C12H12Br2FNO2. The van der Waals surface area contributed by atoms with E-state index < -0.39 is 5.82 Å². The summed E-state index contributed by atoms with van der Waals surface area (Å²) in [5.74, 6) is -0.582. The summed E-state index contributed by atoms with van der Waals surface area (Å²) in [4.78, 5) is 13.9. The number of morpholine rings is 1. The molecule has 0 N–H and O–H groups in total. The number of nitrogens with zero attached hydrogens (tertiary/aromatic N) is 1. The Morgan fingerprint density at radius 1 is 1.56 bits per heavy atom. The van der Waals surface area contributed by atoms with Crippen LogP contribution < -0.4 is 0 Å². The van der Waals surface area contributed by atoms with Gasteiger partial charge in [0.1, 0.15) is 5.82 Å². The van der Waals surface area contributed by atoms with Crippen LogP contribution in [0.5, 0.6) is 0 Å². The Bertz CT molecular complexity index is 456. The highest BCUT2D eigenvalue weighted by atomic mass is 79.9. The molecule has 6 heteroatoms. The molecule has 1 amide bonds. The summed E-state index contributed by atoms with van der Waals surface area (Å²) in [5, 5.41) is 0.686. The number of halogens is 3. The van der Waals surface area contributed by atoms with Crippen LogP contribution in [0, 0.1) is 5.82 Å². The lowest BCUT2D eigenvalue weighted by Gasteiger charge is -2.32. The molecule has 1 fully saturated rings. The first-order valence-electron chi connectivity index (χ1n) is 5.53. The number of carbonyl (C=O) groups excluding carboxylic acids is 1. The molecule has 1 unspecified atom stereocenters. The predicted octanol–water partition coefficient (Wildman–Crippen LogP) is 2.82. The van der Waals surface area contributed by atoms with Gasteiger partial charge in [-0.15, -0.1) is 0 Å². The highest BCUT2D eigenvalue weighted by Gasteiger charge is 2.24. The molecule has 0 saturated carbocycles. The van der Waals surface area contributed by atoms with E-state index in [1.165, 1.54) is 6.07 Å². The topological polar surface area (TPSA) is 29.5 Å². The van der Waals surface area contributed by atoms with Crippen molar-refractivity contribution in [3.8, 4) is 0 Å². The second-order valence-electron chi connectivity index (χ2n) is 4.03. The quantitative estimate of drug-likeness (QED) is 0.738. The van der Waals surface area contributed by atoms with Crippen LogP contribution in [0.4, 0.5) is 4.39 Å². The molecule has 0 spiro atoms. The number of hydrogen-bond donors (Lipinski definition) is 0. The van der Waals surface area contributed by atoms with Crippen LogP contribution >= 0.6 is 31.9 Å². The number of carbonyl (C=O) groups is 1. The van der Waals surface area contributed by atoms with Crippen LogP contribution in [0.1, 0.15) is 10.4 Å². The molecule has 1 saturated heterocycles. The third-order valence-corrected chi connectivity index (χ3v) is 4.13. The minimum Gasteiger partial charge on any atom is -0.374 e. The van der Waals surface area contributed by atoms with E-state index in [2.05, 4.69) is 31.9 Å². The number of rotatable bonds is 2. The van der Waals surface area contributed by atoms with Crippen molar-refractivity contribution < 1.29 is 13.9 Å². The molecular weight excluding hydrogens is 369 g/mol. The van der Waals surface area contributed by atoms with Crippen LogP contribution in [0.15, 0.2) is 22.7 Å². The lowest BCUT2D eigenvalue weighted by atomic mass is 10.1. The van der Waals surface area contributed by atoms with Crippen molar-refractivity contribution in [1.82, 2.24) is 4.90 Å². The first kappa shape index (κ1) is 14.0. The van der Waals surface area contributed by atoms with Crippen molar-refractivity contribution in [2.24, 2.45) is 0 Å². The third-order valence-electron chi connectivity index (χ3n) is 2.76. The zero-order valence-corrected chi connectivity index (χ0v) is 12.7. The van der Waals surface area contributed by atoms with Gasteiger partial charge in [-0.1, -0.05) is 15.9 Å². The van der Waals surface area contributed by atoms with Crippen LogP contribution in [0.2, 0.25) is 0 Å². The smallest absolute Gasteiger partial charge is 0.254 e. The van der Waals surface area contributed by atoms with Gasteiger partial charge in [-0.05, 0) is 34.1 Å². The average molecular weight is 381 g/mol. The van der Waals surface area contributed by atoms with Crippen LogP contribution in [-0.2, 0) is 4.74 Å². The van der Waals surface area contributed by atoms with E-state index in [4.69, 9.17) is 4.74 Å². The van der Waals surface area contributed by atoms with Crippen molar-refractivity contribution in [1.29, 1.82) is 0 Å². The Labute approximate surface area is 122 Å². The SMILES string of the molecule is O=C(c1ccc(Br)c(F)c1)N1CCOC(CBr)C1. The number of hydrogen-bond acceptors (Lipinski definition) is 2. The van der Waals surface area contributed by atoms with Gasteiger partial charge in [0.05, 0.1) is 17.2 Å². The summed E-state index contributed by atoms with van der Waals surface area (Å²) in [5.41, 5.74) is 0.367. The highest BCUT2D eigenvalue weighted by molar-refractivity contribution is 9.10. The Kier molecular flexibility index (Phi) is 4.75. The zero-order chi connectivity index (χ0) is 13.1. The van der Waals surface area contributed by atoms with Crippen molar-refractivity contribution in [3.05, 3.63) is 34.1 Å². The lowest BCUT2D eigenvalue weighted by molar-refractivity contribution is -0.00966. The van der Waals surface area contributed by atoms with E-state index in [-0.39, 0.29) is 12.0 Å². The zero-order valence-electron chi connectivity index (χ0n) is 9.54. The number of alkyl halides is 1. The molecule has 1 atom stereocenters. The Morgan fingerprint density at radius 3 is 3.00 bits per heavy atom. The normalized spacial score (nSPS) is 19.9. The molecule has 1 aromatic rings. The van der Waals surface area contributed by atoms with Gasteiger partial charge in [-0.2, -0.15) is 0 Å². The summed E-state index contributed by atoms with van der Waals surface area (Å²) >= 11 is 6.40. The lowest BCUT2D eigenvalue weighted by Crippen LogP contribution is -2.46. The number of amides is 1. The molecule has 1 heterocycles. The van der Waals surface area contributed by atoms with Crippen molar-refractivity contribution in [3.63, 3.8) is 0 Å². The van der Waals surface area contributed by atoms with Crippen molar-refractivity contribution >= 4 is 37.8 Å². The monoisotopic (exact) mass is 379 g/mol. The largest absolute Gasteiger partial charge is 0.374 e. The molecule has 2 rings (SSSR count). The molecule has 98 valence electrons. The van der Waals surface area contributed by atoms with Crippen molar-refractivity contribution in [2.75, 3.05) is 25.0 Å². The van der Waals surface area contributed by atoms with Gasteiger partial charge < -0.3 is 9.64 Å². The Morgan fingerprint density at radius 2 is 2.33 bits per heavy atom. The molecule has 0 aliphatic carbocycles. The summed E-state index contributed by atoms with van der Waals surface area (Å²) in [6, 6.07) is 4.42. The maximum absolute atomic E-state index is 13.4. The fourth-order valence-corrected chi connectivity index (χ4v) is 2.45. The molecule has 1 aliphatic rings. The summed E-state index contributed by atoms with van der Waals surface area (Å²) in [6.07, 6.45) is 0.00277. The Hall–Kier alpha value is -0.460. The third kappa shape index (κ3) is 3.10. The van der Waals surface area contributed by atoms with Gasteiger partial charge in [0.15, 0.2) is 0 Å². The predicted molar refractivity (Wildman–Crippen MR) is 73.5 cm³/mol. The van der Waals surface area contributed by atoms with Gasteiger partial charge in [0.2, 0.25) is 0 Å². The highest BCUT2D eigenvalue weighted by Crippen LogP contribution is 2.18. The maximum Gasteiger partial charge on any atom is 0.254 e. The number of benzene rings is 1. The second-order valence-corrected chi connectivity index (χ2v) is 5.53. The van der Waals surface area contributed by atoms with Gasteiger partial charge in [0.25, 0.3) is 5.91 Å². The molecule has 0 aromatic heterocycles. The van der Waals surface area contributed by atoms with E-state index in [0.717, 1.165) is 0 Å². The molecule has 1 aliphatic heterocycles. The van der Waals surface area contributed by atoms with Crippen molar-refractivity contribution in [2.45, 2.75) is 6.10 Å². The van der Waals surface area contributed by atoms with Gasteiger partial charge in [-0.25, -0.2) is 4.39 Å². The van der Waals surface area contributed by atoms with Gasteiger partial charge >= 0.3 is 0 Å². The minimum atomic E-state index is -0.425. The second kappa shape index (κ2) is 6.12. The molecule has 0 bridgehead atoms. The minimum absolute atomic E-state index is 0.00277. The van der Waals surface area contributed by atoms with E-state index >= 15 is 0 Å². The van der Waals surface area contributed by atoms with Crippen LogP contribution in [0.3, 0.4) is 0 Å². The van der Waals surface area contributed by atoms with E-state index in [9.17, 15) is 9.18 Å². The van der Waals surface area contributed by atoms with Crippen LogP contribution in [0.25, 0.3) is 0 Å². The van der Waals surface area contributed by atoms with E-state index in [1.807, 2.05) is 0 Å². The molecule has 3 nitrogen and oxygen atoms in total. The number of ether oxygens (including phenoxy) is 1. The standard InChI is InChI=1S/C12H12Br2FNO2/c13-6-9-7-16(3-4-18-9)12(17)8-1-2-10(14)11(15)5-8/h1-2,5,9H,3-4,6-7H2. The van der Waals surface area contributed by atoms with Gasteiger partial charge in [0, 0.05) is 24.0 Å². The first-order chi connectivity index (χ1) is 8.61.